The van der Waals surface area contributed by atoms with Gasteiger partial charge in [-0.05, 0) is 13.3 Å². The molecule has 19 heavy (non-hydrogen) atoms. The number of carbonyl (C=O) groups is 3. The highest BCUT2D eigenvalue weighted by Crippen LogP contribution is 2.18. The van der Waals surface area contributed by atoms with Crippen LogP contribution in [-0.2, 0) is 9.59 Å². The van der Waals surface area contributed by atoms with Gasteiger partial charge in [0.15, 0.2) is 0 Å². The van der Waals surface area contributed by atoms with Crippen LogP contribution in [-0.4, -0.2) is 53.1 Å². The quantitative estimate of drug-likeness (QED) is 0.590. The molecule has 0 radical (unpaired) electrons. The van der Waals surface area contributed by atoms with Crippen molar-refractivity contribution in [2.45, 2.75) is 25.4 Å². The first kappa shape index (κ1) is 13.4. The number of carboxylic acids is 1. The Morgan fingerprint density at radius 1 is 1.47 bits per heavy atom. The number of nitrogens with one attached hydrogen (secondary N) is 2. The van der Waals surface area contributed by atoms with Crippen LogP contribution < -0.4 is 10.6 Å². The third-order valence-electron chi connectivity index (χ3n) is 3.47. The zero-order valence-electron chi connectivity index (χ0n) is 10.6. The number of aliphatic carboxylic acids is 1. The monoisotopic (exact) mass is 267 g/mol. The van der Waals surface area contributed by atoms with Crippen LogP contribution in [0.3, 0.4) is 0 Å². The SMILES string of the molecule is CC1C(=O)NCCN1C(=O)NC1C=CC(C(=O)O)C1. The number of piperazine rings is 1. The zero-order chi connectivity index (χ0) is 14.0. The molecule has 0 aromatic heterocycles. The lowest BCUT2D eigenvalue weighted by Gasteiger charge is -2.33. The molecule has 1 aliphatic carbocycles. The van der Waals surface area contributed by atoms with Gasteiger partial charge in [-0.1, -0.05) is 12.2 Å². The van der Waals surface area contributed by atoms with Gasteiger partial charge < -0.3 is 20.6 Å². The minimum absolute atomic E-state index is 0.174. The van der Waals surface area contributed by atoms with Gasteiger partial charge in [0.05, 0.1) is 12.0 Å². The van der Waals surface area contributed by atoms with Crippen molar-refractivity contribution < 1.29 is 19.5 Å². The van der Waals surface area contributed by atoms with E-state index in [0.29, 0.717) is 19.5 Å². The van der Waals surface area contributed by atoms with Crippen LogP contribution in [0.1, 0.15) is 13.3 Å². The normalized spacial score (nSPS) is 30.1. The van der Waals surface area contributed by atoms with E-state index >= 15 is 0 Å². The van der Waals surface area contributed by atoms with Gasteiger partial charge in [0.1, 0.15) is 6.04 Å². The van der Waals surface area contributed by atoms with Gasteiger partial charge in [0.25, 0.3) is 0 Å². The van der Waals surface area contributed by atoms with Crippen molar-refractivity contribution in [1.82, 2.24) is 15.5 Å². The molecule has 3 atom stereocenters. The van der Waals surface area contributed by atoms with Crippen LogP contribution in [0.25, 0.3) is 0 Å². The van der Waals surface area contributed by atoms with E-state index in [1.807, 2.05) is 0 Å². The van der Waals surface area contributed by atoms with Crippen molar-refractivity contribution in [3.63, 3.8) is 0 Å². The highest BCUT2D eigenvalue weighted by atomic mass is 16.4. The molecule has 2 aliphatic rings. The molecular formula is C12H17N3O4. The fourth-order valence-corrected chi connectivity index (χ4v) is 2.29. The van der Waals surface area contributed by atoms with Gasteiger partial charge in [0, 0.05) is 13.1 Å². The summed E-state index contributed by atoms with van der Waals surface area (Å²) in [4.78, 5) is 35.8. The van der Waals surface area contributed by atoms with Gasteiger partial charge in [0.2, 0.25) is 5.91 Å². The van der Waals surface area contributed by atoms with E-state index in [4.69, 9.17) is 5.11 Å². The summed E-state index contributed by atoms with van der Waals surface area (Å²) in [5, 5.41) is 14.3. The van der Waals surface area contributed by atoms with Gasteiger partial charge in [-0.3, -0.25) is 9.59 Å². The Bertz CT molecular complexity index is 435. The molecule has 0 aromatic carbocycles. The minimum atomic E-state index is -0.890. The largest absolute Gasteiger partial charge is 0.481 e. The molecule has 1 aliphatic heterocycles. The van der Waals surface area contributed by atoms with Crippen molar-refractivity contribution in [1.29, 1.82) is 0 Å². The second kappa shape index (κ2) is 5.29. The van der Waals surface area contributed by atoms with Crippen LogP contribution in [0.4, 0.5) is 4.79 Å². The Morgan fingerprint density at radius 3 is 2.84 bits per heavy atom. The number of carboxylic acid groups (broad SMARTS) is 1. The van der Waals surface area contributed by atoms with Crippen molar-refractivity contribution in [3.8, 4) is 0 Å². The number of carbonyl (C=O) groups excluding carboxylic acids is 2. The molecular weight excluding hydrogens is 250 g/mol. The van der Waals surface area contributed by atoms with Gasteiger partial charge in [-0.15, -0.1) is 0 Å². The Balaban J connectivity index is 1.90. The summed E-state index contributed by atoms with van der Waals surface area (Å²) >= 11 is 0. The van der Waals surface area contributed by atoms with E-state index in [9.17, 15) is 14.4 Å². The van der Waals surface area contributed by atoms with E-state index < -0.39 is 17.9 Å². The minimum Gasteiger partial charge on any atom is -0.481 e. The van der Waals surface area contributed by atoms with Gasteiger partial charge >= 0.3 is 12.0 Å². The zero-order valence-corrected chi connectivity index (χ0v) is 10.6. The lowest BCUT2D eigenvalue weighted by atomic mass is 10.1. The fraction of sp³-hybridized carbons (Fsp3) is 0.583. The van der Waals surface area contributed by atoms with Crippen molar-refractivity contribution in [3.05, 3.63) is 12.2 Å². The predicted octanol–water partition coefficient (Wildman–Crippen LogP) is -0.454. The van der Waals surface area contributed by atoms with E-state index in [1.54, 1.807) is 19.1 Å². The number of nitrogens with zero attached hydrogens (tertiary/aromatic N) is 1. The second-order valence-corrected chi connectivity index (χ2v) is 4.78. The Morgan fingerprint density at radius 2 is 2.21 bits per heavy atom. The molecule has 7 nitrogen and oxygen atoms in total. The van der Waals surface area contributed by atoms with E-state index in [0.717, 1.165) is 0 Å². The van der Waals surface area contributed by atoms with Crippen molar-refractivity contribution >= 4 is 17.9 Å². The third kappa shape index (κ3) is 2.86. The molecule has 0 aromatic rings. The first-order valence-corrected chi connectivity index (χ1v) is 6.25. The average molecular weight is 267 g/mol. The predicted molar refractivity (Wildman–Crippen MR) is 66.4 cm³/mol. The number of rotatable bonds is 2. The van der Waals surface area contributed by atoms with E-state index in [2.05, 4.69) is 10.6 Å². The highest BCUT2D eigenvalue weighted by Gasteiger charge is 2.32. The fourth-order valence-electron chi connectivity index (χ4n) is 2.29. The standard InChI is InChI=1S/C12H17N3O4/c1-7-10(16)13-4-5-15(7)12(19)14-9-3-2-8(6-9)11(17)18/h2-3,7-9H,4-6H2,1H3,(H,13,16)(H,14,19)(H,17,18). The topological polar surface area (TPSA) is 98.7 Å². The highest BCUT2D eigenvalue weighted by molar-refractivity contribution is 5.88. The number of hydrogen-bond acceptors (Lipinski definition) is 3. The smallest absolute Gasteiger partial charge is 0.318 e. The molecule has 1 fully saturated rings. The Hall–Kier alpha value is -2.05. The number of urea groups is 1. The summed E-state index contributed by atoms with van der Waals surface area (Å²) in [5.74, 6) is -1.61. The van der Waals surface area contributed by atoms with Crippen LogP contribution >= 0.6 is 0 Å². The Labute approximate surface area is 110 Å². The molecule has 1 saturated heterocycles. The van der Waals surface area contributed by atoms with Gasteiger partial charge in [-0.25, -0.2) is 4.79 Å². The number of amides is 3. The Kier molecular flexibility index (Phi) is 3.73. The molecule has 104 valence electrons. The van der Waals surface area contributed by atoms with Gasteiger partial charge in [-0.2, -0.15) is 0 Å². The second-order valence-electron chi connectivity index (χ2n) is 4.78. The molecule has 0 bridgehead atoms. The van der Waals surface area contributed by atoms with Crippen molar-refractivity contribution in [2.24, 2.45) is 5.92 Å². The molecule has 2 rings (SSSR count). The molecule has 3 N–H and O–H groups in total. The molecule has 3 unspecified atom stereocenters. The maximum absolute atomic E-state index is 12.0. The van der Waals surface area contributed by atoms with Crippen LogP contribution in [0.2, 0.25) is 0 Å². The van der Waals surface area contributed by atoms with E-state index in [1.165, 1.54) is 4.90 Å². The lowest BCUT2D eigenvalue weighted by molar-refractivity contribution is -0.140. The molecule has 7 heteroatoms. The summed E-state index contributed by atoms with van der Waals surface area (Å²) < 4.78 is 0. The molecule has 0 saturated carbocycles. The third-order valence-corrected chi connectivity index (χ3v) is 3.47. The maximum atomic E-state index is 12.0. The summed E-state index contributed by atoms with van der Waals surface area (Å²) in [6, 6.07) is -1.12. The van der Waals surface area contributed by atoms with E-state index in [-0.39, 0.29) is 18.0 Å². The maximum Gasteiger partial charge on any atom is 0.318 e. The summed E-state index contributed by atoms with van der Waals surface area (Å²) in [6.07, 6.45) is 3.63. The summed E-state index contributed by atoms with van der Waals surface area (Å²) in [6.45, 7) is 2.56. The first-order valence-electron chi connectivity index (χ1n) is 6.25. The van der Waals surface area contributed by atoms with Crippen LogP contribution in [0.5, 0.6) is 0 Å². The van der Waals surface area contributed by atoms with Crippen LogP contribution in [0, 0.1) is 5.92 Å². The number of hydrogen-bond donors (Lipinski definition) is 3. The van der Waals surface area contributed by atoms with Crippen LogP contribution in [0.15, 0.2) is 12.2 Å². The average Bonchev–Trinajstić information content (AvgIpc) is 2.81. The summed E-state index contributed by atoms with van der Waals surface area (Å²) in [5.41, 5.74) is 0. The molecule has 3 amide bonds. The first-order chi connectivity index (χ1) is 8.99. The lowest BCUT2D eigenvalue weighted by Crippen LogP contribution is -2.59. The molecule has 1 heterocycles. The molecule has 0 spiro atoms. The van der Waals surface area contributed by atoms with Crippen molar-refractivity contribution in [2.75, 3.05) is 13.1 Å². The summed E-state index contributed by atoms with van der Waals surface area (Å²) in [7, 11) is 0.